The van der Waals surface area contributed by atoms with Gasteiger partial charge in [0.15, 0.2) is 0 Å². The number of aromatic nitrogens is 2. The fraction of sp³-hybridized carbons (Fsp3) is 0.389. The van der Waals surface area contributed by atoms with E-state index in [-0.39, 0.29) is 5.91 Å². The average Bonchev–Trinajstić information content (AvgIpc) is 2.69. The maximum atomic E-state index is 12.4. The molecule has 7 nitrogen and oxygen atoms in total. The molecular weight excluding hydrogens is 318 g/mol. The van der Waals surface area contributed by atoms with Gasteiger partial charge in [0, 0.05) is 57.1 Å². The van der Waals surface area contributed by atoms with Gasteiger partial charge in [-0.3, -0.25) is 4.79 Å². The number of rotatable bonds is 6. The van der Waals surface area contributed by atoms with Crippen molar-refractivity contribution in [3.63, 3.8) is 0 Å². The molecule has 0 unspecified atom stereocenters. The van der Waals surface area contributed by atoms with Gasteiger partial charge in [-0.05, 0) is 12.1 Å². The molecule has 0 bridgehead atoms. The second kappa shape index (κ2) is 8.32. The van der Waals surface area contributed by atoms with Gasteiger partial charge in [-0.25, -0.2) is 4.98 Å². The predicted octanol–water partition coefficient (Wildman–Crippen LogP) is 1.64. The molecule has 3 rings (SSSR count). The number of ether oxygens (including phenoxy) is 1. The molecule has 1 aliphatic heterocycles. The molecule has 1 amide bonds. The van der Waals surface area contributed by atoms with E-state index >= 15 is 0 Å². The quantitative estimate of drug-likeness (QED) is 0.861. The zero-order valence-corrected chi connectivity index (χ0v) is 14.4. The molecule has 0 spiro atoms. The number of methoxy groups -OCH3 is 1. The third-order valence-electron chi connectivity index (χ3n) is 4.21. The molecule has 0 atom stereocenters. The van der Waals surface area contributed by atoms with Crippen molar-refractivity contribution in [2.24, 2.45) is 0 Å². The molecule has 1 aliphatic rings. The number of carbonyl (C=O) groups is 1. The van der Waals surface area contributed by atoms with Crippen molar-refractivity contribution in [3.8, 4) is 5.88 Å². The Morgan fingerprint density at radius 3 is 2.64 bits per heavy atom. The lowest BCUT2D eigenvalue weighted by Crippen LogP contribution is -2.49. The van der Waals surface area contributed by atoms with Crippen LogP contribution >= 0.6 is 0 Å². The van der Waals surface area contributed by atoms with Crippen LogP contribution in [0, 0.1) is 0 Å². The first-order valence-electron chi connectivity index (χ1n) is 8.45. The molecule has 0 saturated carbocycles. The number of piperazine rings is 1. The Kier molecular flexibility index (Phi) is 5.66. The van der Waals surface area contributed by atoms with Crippen LogP contribution in [0.2, 0.25) is 0 Å². The summed E-state index contributed by atoms with van der Waals surface area (Å²) < 4.78 is 5.05. The van der Waals surface area contributed by atoms with Crippen molar-refractivity contribution in [2.75, 3.05) is 50.1 Å². The standard InChI is InChI=1S/C18H23N5O2/c1-25-16-7-9-19-18(21-16)20-10-8-17(24)23-13-11-22(12-14-23)15-5-3-2-4-6-15/h2-7,9H,8,10-14H2,1H3,(H,19,20,21). The van der Waals surface area contributed by atoms with E-state index in [2.05, 4.69) is 32.3 Å². The third kappa shape index (κ3) is 4.59. The van der Waals surface area contributed by atoms with Crippen LogP contribution in [0.1, 0.15) is 6.42 Å². The van der Waals surface area contributed by atoms with Gasteiger partial charge in [-0.1, -0.05) is 18.2 Å². The van der Waals surface area contributed by atoms with Crippen molar-refractivity contribution in [3.05, 3.63) is 42.6 Å². The van der Waals surface area contributed by atoms with E-state index in [1.54, 1.807) is 19.4 Å². The van der Waals surface area contributed by atoms with Gasteiger partial charge in [0.05, 0.1) is 7.11 Å². The number of benzene rings is 1. The van der Waals surface area contributed by atoms with Gasteiger partial charge in [0.2, 0.25) is 17.7 Å². The van der Waals surface area contributed by atoms with E-state index in [0.29, 0.717) is 24.8 Å². The Bertz CT molecular complexity index is 687. The highest BCUT2D eigenvalue weighted by Gasteiger charge is 2.20. The Balaban J connectivity index is 1.42. The Hall–Kier alpha value is -2.83. The van der Waals surface area contributed by atoms with E-state index < -0.39 is 0 Å². The fourth-order valence-electron chi connectivity index (χ4n) is 2.83. The smallest absolute Gasteiger partial charge is 0.225 e. The maximum absolute atomic E-state index is 12.4. The van der Waals surface area contributed by atoms with Crippen LogP contribution in [-0.2, 0) is 4.79 Å². The largest absolute Gasteiger partial charge is 0.481 e. The van der Waals surface area contributed by atoms with E-state index in [1.807, 2.05) is 23.1 Å². The highest BCUT2D eigenvalue weighted by atomic mass is 16.5. The fourth-order valence-corrected chi connectivity index (χ4v) is 2.83. The number of amides is 1. The molecule has 7 heteroatoms. The minimum atomic E-state index is 0.156. The number of carbonyl (C=O) groups excluding carboxylic acids is 1. The lowest BCUT2D eigenvalue weighted by atomic mass is 10.2. The normalized spacial score (nSPS) is 14.3. The zero-order chi connectivity index (χ0) is 17.5. The minimum absolute atomic E-state index is 0.156. The highest BCUT2D eigenvalue weighted by Crippen LogP contribution is 2.16. The molecule has 1 saturated heterocycles. The SMILES string of the molecule is COc1ccnc(NCCC(=O)N2CCN(c3ccccc3)CC2)n1. The first kappa shape index (κ1) is 17.0. The molecule has 0 radical (unpaired) electrons. The van der Waals surface area contributed by atoms with Gasteiger partial charge in [0.1, 0.15) is 0 Å². The second-order valence-electron chi connectivity index (χ2n) is 5.80. The van der Waals surface area contributed by atoms with E-state index in [4.69, 9.17) is 4.74 Å². The first-order valence-corrected chi connectivity index (χ1v) is 8.45. The summed E-state index contributed by atoms with van der Waals surface area (Å²) >= 11 is 0. The molecule has 1 N–H and O–H groups in total. The highest BCUT2D eigenvalue weighted by molar-refractivity contribution is 5.77. The topological polar surface area (TPSA) is 70.6 Å². The minimum Gasteiger partial charge on any atom is -0.481 e. The summed E-state index contributed by atoms with van der Waals surface area (Å²) in [5, 5.41) is 3.06. The predicted molar refractivity (Wildman–Crippen MR) is 96.9 cm³/mol. The summed E-state index contributed by atoms with van der Waals surface area (Å²) in [7, 11) is 1.56. The summed E-state index contributed by atoms with van der Waals surface area (Å²) in [6, 6.07) is 12.0. The van der Waals surface area contributed by atoms with E-state index in [9.17, 15) is 4.79 Å². The van der Waals surface area contributed by atoms with Crippen LogP contribution < -0.4 is 15.0 Å². The summed E-state index contributed by atoms with van der Waals surface area (Å²) in [6.07, 6.45) is 2.05. The lowest BCUT2D eigenvalue weighted by molar-refractivity contribution is -0.131. The maximum Gasteiger partial charge on any atom is 0.225 e. The molecular formula is C18H23N5O2. The molecule has 0 aliphatic carbocycles. The Morgan fingerprint density at radius 2 is 1.92 bits per heavy atom. The molecule has 2 aromatic rings. The van der Waals surface area contributed by atoms with Gasteiger partial charge in [0.25, 0.3) is 0 Å². The zero-order valence-electron chi connectivity index (χ0n) is 14.4. The third-order valence-corrected chi connectivity index (χ3v) is 4.21. The van der Waals surface area contributed by atoms with Crippen LogP contribution in [-0.4, -0.2) is 60.6 Å². The van der Waals surface area contributed by atoms with Crippen molar-refractivity contribution < 1.29 is 9.53 Å². The average molecular weight is 341 g/mol. The van der Waals surface area contributed by atoms with Crippen LogP contribution in [0.4, 0.5) is 11.6 Å². The molecule has 132 valence electrons. The van der Waals surface area contributed by atoms with Gasteiger partial charge < -0.3 is 19.9 Å². The van der Waals surface area contributed by atoms with E-state index in [1.165, 1.54) is 5.69 Å². The summed E-state index contributed by atoms with van der Waals surface area (Å²) in [4.78, 5) is 24.9. The van der Waals surface area contributed by atoms with Crippen molar-refractivity contribution in [1.29, 1.82) is 0 Å². The summed E-state index contributed by atoms with van der Waals surface area (Å²) in [6.45, 7) is 3.74. The summed E-state index contributed by atoms with van der Waals surface area (Å²) in [5.74, 6) is 1.13. The lowest BCUT2D eigenvalue weighted by Gasteiger charge is -2.36. The second-order valence-corrected chi connectivity index (χ2v) is 5.80. The number of anilines is 2. The van der Waals surface area contributed by atoms with Gasteiger partial charge >= 0.3 is 0 Å². The number of hydrogen-bond donors (Lipinski definition) is 1. The van der Waals surface area contributed by atoms with Crippen molar-refractivity contribution >= 4 is 17.5 Å². The first-order chi connectivity index (χ1) is 12.3. The van der Waals surface area contributed by atoms with Crippen LogP contribution in [0.15, 0.2) is 42.6 Å². The number of nitrogens with one attached hydrogen (secondary N) is 1. The van der Waals surface area contributed by atoms with Crippen molar-refractivity contribution in [1.82, 2.24) is 14.9 Å². The van der Waals surface area contributed by atoms with Crippen LogP contribution in [0.25, 0.3) is 0 Å². The van der Waals surface area contributed by atoms with Gasteiger partial charge in [-0.15, -0.1) is 0 Å². The van der Waals surface area contributed by atoms with Crippen LogP contribution in [0.3, 0.4) is 0 Å². The Labute approximate surface area is 147 Å². The van der Waals surface area contributed by atoms with Crippen molar-refractivity contribution in [2.45, 2.75) is 6.42 Å². The van der Waals surface area contributed by atoms with E-state index in [0.717, 1.165) is 26.2 Å². The molecule has 25 heavy (non-hydrogen) atoms. The monoisotopic (exact) mass is 341 g/mol. The number of nitrogens with zero attached hydrogens (tertiary/aromatic N) is 4. The molecule has 2 heterocycles. The number of para-hydroxylation sites is 1. The molecule has 1 aromatic heterocycles. The molecule has 1 fully saturated rings. The summed E-state index contributed by atoms with van der Waals surface area (Å²) in [5.41, 5.74) is 1.21. The van der Waals surface area contributed by atoms with Crippen LogP contribution in [0.5, 0.6) is 5.88 Å². The van der Waals surface area contributed by atoms with Gasteiger partial charge in [-0.2, -0.15) is 4.98 Å². The Morgan fingerprint density at radius 1 is 1.16 bits per heavy atom. The molecule has 1 aromatic carbocycles. The number of hydrogen-bond acceptors (Lipinski definition) is 6.